The van der Waals surface area contributed by atoms with Gasteiger partial charge in [-0.3, -0.25) is 0 Å². The predicted molar refractivity (Wildman–Crippen MR) is 74.3 cm³/mol. The topological polar surface area (TPSA) is 43.8 Å². The van der Waals surface area contributed by atoms with Crippen LogP contribution in [-0.4, -0.2) is 15.6 Å². The quantitative estimate of drug-likeness (QED) is 0.883. The first-order chi connectivity index (χ1) is 9.60. The van der Waals surface area contributed by atoms with Crippen LogP contribution in [0.15, 0.2) is 30.6 Å². The highest BCUT2D eigenvalue weighted by atomic mass is 19.2. The molecule has 5 heteroatoms. The molecule has 0 fully saturated rings. The van der Waals surface area contributed by atoms with Gasteiger partial charge in [-0.05, 0) is 30.5 Å². The Bertz CT molecular complexity index is 566. The van der Waals surface area contributed by atoms with Crippen LogP contribution < -0.4 is 5.73 Å². The molecule has 0 aliphatic carbocycles. The zero-order valence-electron chi connectivity index (χ0n) is 11.5. The smallest absolute Gasteiger partial charge is 0.159 e. The summed E-state index contributed by atoms with van der Waals surface area (Å²) in [6, 6.07) is 3.73. The van der Waals surface area contributed by atoms with Crippen LogP contribution in [0.3, 0.4) is 0 Å². The summed E-state index contributed by atoms with van der Waals surface area (Å²) < 4.78 is 28.1. The van der Waals surface area contributed by atoms with E-state index in [0.717, 1.165) is 24.9 Å². The Labute approximate surface area is 117 Å². The van der Waals surface area contributed by atoms with E-state index < -0.39 is 11.6 Å². The molecule has 0 spiro atoms. The number of nitrogens with two attached hydrogens (primary N) is 1. The van der Waals surface area contributed by atoms with Gasteiger partial charge in [0.2, 0.25) is 0 Å². The number of nitrogens with zero attached hydrogens (tertiary/aromatic N) is 2. The zero-order chi connectivity index (χ0) is 14.5. The monoisotopic (exact) mass is 279 g/mol. The summed E-state index contributed by atoms with van der Waals surface area (Å²) in [6.45, 7) is 3.01. The van der Waals surface area contributed by atoms with Crippen molar-refractivity contribution in [1.29, 1.82) is 0 Å². The molecule has 2 N–H and O–H groups in total. The fourth-order valence-electron chi connectivity index (χ4n) is 2.25. The van der Waals surface area contributed by atoms with Crippen LogP contribution in [0.2, 0.25) is 0 Å². The third-order valence-electron chi connectivity index (χ3n) is 3.19. The second-order valence-electron chi connectivity index (χ2n) is 4.95. The third kappa shape index (κ3) is 3.63. The number of rotatable bonds is 6. The van der Waals surface area contributed by atoms with Crippen molar-refractivity contribution in [3.05, 3.63) is 53.6 Å². The Balaban J connectivity index is 1.99. The predicted octanol–water partition coefficient (Wildman–Crippen LogP) is 2.68. The van der Waals surface area contributed by atoms with Gasteiger partial charge in [0.1, 0.15) is 5.82 Å². The number of imidazole rings is 1. The molecule has 0 saturated carbocycles. The number of hydrogen-bond acceptors (Lipinski definition) is 2. The highest BCUT2D eigenvalue weighted by molar-refractivity contribution is 5.19. The first kappa shape index (κ1) is 14.7. The minimum atomic E-state index is -0.833. The maximum atomic E-state index is 13.1. The molecule has 2 aromatic rings. The summed E-state index contributed by atoms with van der Waals surface area (Å²) in [5, 5.41) is 0. The lowest BCUT2D eigenvalue weighted by molar-refractivity contribution is 0.505. The largest absolute Gasteiger partial charge is 0.335 e. The van der Waals surface area contributed by atoms with Gasteiger partial charge in [-0.2, -0.15) is 0 Å². The number of benzene rings is 1. The van der Waals surface area contributed by atoms with E-state index in [9.17, 15) is 8.78 Å². The average Bonchev–Trinajstić information content (AvgIpc) is 2.82. The van der Waals surface area contributed by atoms with Gasteiger partial charge < -0.3 is 10.3 Å². The molecule has 1 unspecified atom stereocenters. The third-order valence-corrected chi connectivity index (χ3v) is 3.19. The molecule has 0 aliphatic rings. The minimum Gasteiger partial charge on any atom is -0.335 e. The fraction of sp³-hybridized carbons (Fsp3) is 0.400. The van der Waals surface area contributed by atoms with Crippen molar-refractivity contribution in [1.82, 2.24) is 9.55 Å². The van der Waals surface area contributed by atoms with Crippen LogP contribution >= 0.6 is 0 Å². The number of aromatic nitrogens is 2. The van der Waals surface area contributed by atoms with Crippen molar-refractivity contribution in [3.8, 4) is 0 Å². The molecule has 0 radical (unpaired) electrons. The van der Waals surface area contributed by atoms with Crippen molar-refractivity contribution >= 4 is 0 Å². The molecule has 0 aliphatic heterocycles. The molecule has 3 nitrogen and oxygen atoms in total. The Hall–Kier alpha value is -1.75. The van der Waals surface area contributed by atoms with Crippen LogP contribution in [-0.2, 0) is 19.4 Å². The normalized spacial score (nSPS) is 12.6. The molecular weight excluding hydrogens is 260 g/mol. The van der Waals surface area contributed by atoms with Gasteiger partial charge in [-0.25, -0.2) is 13.8 Å². The standard InChI is InChI=1S/C15H19F2N3/c1-2-6-20-7-5-19-15(20)10-12(18)8-11-3-4-13(16)14(17)9-11/h3-5,7,9,12H,2,6,8,10,18H2,1H3. The van der Waals surface area contributed by atoms with Crippen molar-refractivity contribution in [2.75, 3.05) is 0 Å². The van der Waals surface area contributed by atoms with Gasteiger partial charge in [0, 0.05) is 31.4 Å². The van der Waals surface area contributed by atoms with Crippen molar-refractivity contribution in [2.45, 2.75) is 38.8 Å². The highest BCUT2D eigenvalue weighted by Crippen LogP contribution is 2.12. The molecule has 1 aromatic carbocycles. The second kappa shape index (κ2) is 6.61. The molecule has 0 saturated heterocycles. The molecule has 20 heavy (non-hydrogen) atoms. The molecule has 1 aromatic heterocycles. The molecule has 108 valence electrons. The molecule has 2 rings (SSSR count). The van der Waals surface area contributed by atoms with Crippen molar-refractivity contribution in [3.63, 3.8) is 0 Å². The van der Waals surface area contributed by atoms with E-state index in [0.29, 0.717) is 18.4 Å². The molecule has 0 amide bonds. The van der Waals surface area contributed by atoms with E-state index in [1.54, 1.807) is 12.3 Å². The van der Waals surface area contributed by atoms with Crippen molar-refractivity contribution < 1.29 is 8.78 Å². The number of aryl methyl sites for hydroxylation is 1. The number of hydrogen-bond donors (Lipinski definition) is 1. The summed E-state index contributed by atoms with van der Waals surface area (Å²) in [5.74, 6) is -0.732. The van der Waals surface area contributed by atoms with Gasteiger partial charge >= 0.3 is 0 Å². The average molecular weight is 279 g/mol. The summed E-state index contributed by atoms with van der Waals surface area (Å²) in [4.78, 5) is 4.30. The molecular formula is C15H19F2N3. The molecule has 1 atom stereocenters. The zero-order valence-corrected chi connectivity index (χ0v) is 11.5. The van der Waals surface area contributed by atoms with Crippen LogP contribution in [0.25, 0.3) is 0 Å². The number of halogens is 2. The maximum Gasteiger partial charge on any atom is 0.159 e. The fourth-order valence-corrected chi connectivity index (χ4v) is 2.25. The maximum absolute atomic E-state index is 13.1. The lowest BCUT2D eigenvalue weighted by Gasteiger charge is -2.13. The Morgan fingerprint density at radius 2 is 2.05 bits per heavy atom. The summed E-state index contributed by atoms with van der Waals surface area (Å²) >= 11 is 0. The Kier molecular flexibility index (Phi) is 4.84. The van der Waals surface area contributed by atoms with Crippen LogP contribution in [0.5, 0.6) is 0 Å². The summed E-state index contributed by atoms with van der Waals surface area (Å²) in [5.41, 5.74) is 6.78. The first-order valence-corrected chi connectivity index (χ1v) is 6.79. The van der Waals surface area contributed by atoms with E-state index in [4.69, 9.17) is 5.73 Å². The van der Waals surface area contributed by atoms with E-state index in [1.165, 1.54) is 6.07 Å². The van der Waals surface area contributed by atoms with Gasteiger partial charge in [0.05, 0.1) is 0 Å². The Morgan fingerprint density at radius 1 is 1.25 bits per heavy atom. The van der Waals surface area contributed by atoms with E-state index >= 15 is 0 Å². The Morgan fingerprint density at radius 3 is 2.75 bits per heavy atom. The van der Waals surface area contributed by atoms with Gasteiger partial charge in [0.15, 0.2) is 11.6 Å². The summed E-state index contributed by atoms with van der Waals surface area (Å²) in [7, 11) is 0. The van der Waals surface area contributed by atoms with E-state index in [1.807, 2.05) is 6.20 Å². The lowest BCUT2D eigenvalue weighted by Crippen LogP contribution is -2.27. The lowest BCUT2D eigenvalue weighted by atomic mass is 10.0. The van der Waals surface area contributed by atoms with Crippen LogP contribution in [0.1, 0.15) is 24.7 Å². The van der Waals surface area contributed by atoms with Crippen LogP contribution in [0, 0.1) is 11.6 Å². The molecule has 0 bridgehead atoms. The molecule has 1 heterocycles. The van der Waals surface area contributed by atoms with Gasteiger partial charge in [-0.15, -0.1) is 0 Å². The SMILES string of the molecule is CCCn1ccnc1CC(N)Cc1ccc(F)c(F)c1. The minimum absolute atomic E-state index is 0.169. The summed E-state index contributed by atoms with van der Waals surface area (Å²) in [6.07, 6.45) is 5.84. The van der Waals surface area contributed by atoms with E-state index in [-0.39, 0.29) is 6.04 Å². The van der Waals surface area contributed by atoms with Crippen LogP contribution in [0.4, 0.5) is 8.78 Å². The second-order valence-corrected chi connectivity index (χ2v) is 4.95. The van der Waals surface area contributed by atoms with E-state index in [2.05, 4.69) is 16.5 Å². The van der Waals surface area contributed by atoms with Crippen molar-refractivity contribution in [2.24, 2.45) is 5.73 Å². The van der Waals surface area contributed by atoms with Gasteiger partial charge in [-0.1, -0.05) is 13.0 Å². The first-order valence-electron chi connectivity index (χ1n) is 6.79. The van der Waals surface area contributed by atoms with Gasteiger partial charge in [0.25, 0.3) is 0 Å². The highest BCUT2D eigenvalue weighted by Gasteiger charge is 2.11.